The predicted octanol–water partition coefficient (Wildman–Crippen LogP) is 4.09. The molecule has 1 aliphatic carbocycles. The molecule has 0 bridgehead atoms. The van der Waals surface area contributed by atoms with Gasteiger partial charge in [-0.15, -0.1) is 11.8 Å². The molecule has 3 heteroatoms. The highest BCUT2D eigenvalue weighted by atomic mass is 32.2. The Labute approximate surface area is 114 Å². The molecule has 0 heterocycles. The van der Waals surface area contributed by atoms with E-state index in [1.165, 1.54) is 31.7 Å². The van der Waals surface area contributed by atoms with Crippen molar-refractivity contribution in [3.05, 3.63) is 30.1 Å². The average Bonchev–Trinajstić information content (AvgIpc) is 2.39. The molecule has 100 valence electrons. The van der Waals surface area contributed by atoms with Crippen molar-refractivity contribution in [3.8, 4) is 0 Å². The molecular formula is C15H22FNS. The van der Waals surface area contributed by atoms with Crippen LogP contribution in [0.25, 0.3) is 0 Å². The summed E-state index contributed by atoms with van der Waals surface area (Å²) in [6.45, 7) is 3.31. The summed E-state index contributed by atoms with van der Waals surface area (Å²) in [5.41, 5.74) is 0. The molecule has 0 saturated heterocycles. The van der Waals surface area contributed by atoms with E-state index in [0.29, 0.717) is 6.04 Å². The fourth-order valence-electron chi connectivity index (χ4n) is 2.45. The van der Waals surface area contributed by atoms with Gasteiger partial charge in [-0.3, -0.25) is 0 Å². The van der Waals surface area contributed by atoms with Crippen molar-refractivity contribution in [1.29, 1.82) is 0 Å². The van der Waals surface area contributed by atoms with Gasteiger partial charge in [0.05, 0.1) is 0 Å². The second-order valence-electron chi connectivity index (χ2n) is 5.19. The highest BCUT2D eigenvalue weighted by molar-refractivity contribution is 7.99. The largest absolute Gasteiger partial charge is 0.313 e. The van der Waals surface area contributed by atoms with E-state index in [-0.39, 0.29) is 5.82 Å². The van der Waals surface area contributed by atoms with Gasteiger partial charge in [-0.2, -0.15) is 0 Å². The highest BCUT2D eigenvalue weighted by Crippen LogP contribution is 2.24. The van der Waals surface area contributed by atoms with Gasteiger partial charge in [0.1, 0.15) is 5.82 Å². The maximum atomic E-state index is 13.4. The van der Waals surface area contributed by atoms with E-state index in [1.54, 1.807) is 17.8 Å². The molecule has 1 saturated carbocycles. The van der Waals surface area contributed by atoms with Gasteiger partial charge in [0.15, 0.2) is 0 Å². The zero-order valence-corrected chi connectivity index (χ0v) is 11.8. The fraction of sp³-hybridized carbons (Fsp3) is 0.600. The van der Waals surface area contributed by atoms with Crippen molar-refractivity contribution in [1.82, 2.24) is 5.32 Å². The lowest BCUT2D eigenvalue weighted by molar-refractivity contribution is 0.312. The van der Waals surface area contributed by atoms with Gasteiger partial charge in [0, 0.05) is 23.2 Å². The lowest BCUT2D eigenvalue weighted by Crippen LogP contribution is -2.34. The summed E-state index contributed by atoms with van der Waals surface area (Å²) in [6, 6.07) is 7.69. The van der Waals surface area contributed by atoms with Crippen molar-refractivity contribution in [2.24, 2.45) is 5.92 Å². The molecule has 1 fully saturated rings. The SMILES string of the molecule is CC1CCC(NCCSc2ccccc2F)CC1. The topological polar surface area (TPSA) is 12.0 Å². The first kappa shape index (κ1) is 13.9. The summed E-state index contributed by atoms with van der Waals surface area (Å²) in [7, 11) is 0. The van der Waals surface area contributed by atoms with E-state index in [2.05, 4.69) is 12.2 Å². The molecule has 0 spiro atoms. The molecule has 0 aliphatic heterocycles. The molecule has 1 aliphatic rings. The zero-order chi connectivity index (χ0) is 12.8. The van der Waals surface area contributed by atoms with Crippen LogP contribution in [0, 0.1) is 11.7 Å². The maximum absolute atomic E-state index is 13.4. The van der Waals surface area contributed by atoms with Gasteiger partial charge in [-0.1, -0.05) is 19.1 Å². The van der Waals surface area contributed by atoms with Crippen LogP contribution in [0.1, 0.15) is 32.6 Å². The Morgan fingerprint density at radius 1 is 1.22 bits per heavy atom. The van der Waals surface area contributed by atoms with Crippen LogP contribution >= 0.6 is 11.8 Å². The van der Waals surface area contributed by atoms with Crippen LogP contribution in [0.15, 0.2) is 29.2 Å². The molecule has 1 nitrogen and oxygen atoms in total. The van der Waals surface area contributed by atoms with Crippen LogP contribution in [0.4, 0.5) is 4.39 Å². The molecule has 2 rings (SSSR count). The summed E-state index contributed by atoms with van der Waals surface area (Å²) in [6.07, 6.45) is 5.29. The molecule has 0 unspecified atom stereocenters. The molecule has 0 atom stereocenters. The van der Waals surface area contributed by atoms with Crippen molar-refractivity contribution < 1.29 is 4.39 Å². The van der Waals surface area contributed by atoms with Crippen LogP contribution in [-0.4, -0.2) is 18.3 Å². The van der Waals surface area contributed by atoms with E-state index in [9.17, 15) is 4.39 Å². The minimum absolute atomic E-state index is 0.103. The van der Waals surface area contributed by atoms with E-state index in [1.807, 2.05) is 12.1 Å². The summed E-state index contributed by atoms with van der Waals surface area (Å²) in [5.74, 6) is 1.73. The molecule has 1 aromatic carbocycles. The Kier molecular flexibility index (Phi) is 5.51. The Morgan fingerprint density at radius 2 is 1.94 bits per heavy atom. The van der Waals surface area contributed by atoms with E-state index < -0.39 is 0 Å². The summed E-state index contributed by atoms with van der Waals surface area (Å²) >= 11 is 1.60. The third kappa shape index (κ3) is 4.29. The fourth-order valence-corrected chi connectivity index (χ4v) is 3.27. The number of halogens is 1. The standard InChI is InChI=1S/C15H22FNS/c1-12-6-8-13(9-7-12)17-10-11-18-15-5-3-2-4-14(15)16/h2-5,12-13,17H,6-11H2,1H3. The third-order valence-corrected chi connectivity index (χ3v) is 4.70. The van der Waals surface area contributed by atoms with Crippen LogP contribution in [0.3, 0.4) is 0 Å². The van der Waals surface area contributed by atoms with Crippen molar-refractivity contribution in [2.45, 2.75) is 43.5 Å². The third-order valence-electron chi connectivity index (χ3n) is 3.65. The molecular weight excluding hydrogens is 245 g/mol. The summed E-state index contributed by atoms with van der Waals surface area (Å²) in [4.78, 5) is 0.761. The van der Waals surface area contributed by atoms with Crippen molar-refractivity contribution in [3.63, 3.8) is 0 Å². The Balaban J connectivity index is 1.63. The maximum Gasteiger partial charge on any atom is 0.136 e. The van der Waals surface area contributed by atoms with Gasteiger partial charge in [0.25, 0.3) is 0 Å². The van der Waals surface area contributed by atoms with Crippen LogP contribution in [0.5, 0.6) is 0 Å². The monoisotopic (exact) mass is 267 g/mol. The number of hydrogen-bond acceptors (Lipinski definition) is 2. The van der Waals surface area contributed by atoms with Crippen LogP contribution < -0.4 is 5.32 Å². The Hall–Kier alpha value is -0.540. The second-order valence-corrected chi connectivity index (χ2v) is 6.33. The minimum atomic E-state index is -0.103. The second kappa shape index (κ2) is 7.15. The number of nitrogens with one attached hydrogen (secondary N) is 1. The average molecular weight is 267 g/mol. The van der Waals surface area contributed by atoms with Gasteiger partial charge >= 0.3 is 0 Å². The smallest absolute Gasteiger partial charge is 0.136 e. The van der Waals surface area contributed by atoms with Crippen LogP contribution in [0.2, 0.25) is 0 Å². The molecule has 1 N–H and O–H groups in total. The predicted molar refractivity (Wildman–Crippen MR) is 76.5 cm³/mol. The van der Waals surface area contributed by atoms with Crippen LogP contribution in [-0.2, 0) is 0 Å². The number of hydrogen-bond donors (Lipinski definition) is 1. The molecule has 0 aromatic heterocycles. The number of thioether (sulfide) groups is 1. The summed E-state index contributed by atoms with van der Waals surface area (Å²) < 4.78 is 13.4. The lowest BCUT2D eigenvalue weighted by atomic mass is 9.87. The minimum Gasteiger partial charge on any atom is -0.313 e. The highest BCUT2D eigenvalue weighted by Gasteiger charge is 2.17. The van der Waals surface area contributed by atoms with E-state index in [4.69, 9.17) is 0 Å². The first-order chi connectivity index (χ1) is 8.75. The van der Waals surface area contributed by atoms with E-state index >= 15 is 0 Å². The molecule has 0 amide bonds. The molecule has 1 aromatic rings. The van der Waals surface area contributed by atoms with E-state index in [0.717, 1.165) is 23.1 Å². The van der Waals surface area contributed by atoms with Gasteiger partial charge in [-0.25, -0.2) is 4.39 Å². The quantitative estimate of drug-likeness (QED) is 0.637. The lowest BCUT2D eigenvalue weighted by Gasteiger charge is -2.26. The van der Waals surface area contributed by atoms with Crippen molar-refractivity contribution in [2.75, 3.05) is 12.3 Å². The van der Waals surface area contributed by atoms with Crippen molar-refractivity contribution >= 4 is 11.8 Å². The summed E-state index contributed by atoms with van der Waals surface area (Å²) in [5, 5.41) is 3.59. The number of rotatable bonds is 5. The first-order valence-corrected chi connectivity index (χ1v) is 7.85. The molecule has 0 radical (unpaired) electrons. The Bertz CT molecular complexity index is 361. The Morgan fingerprint density at radius 3 is 2.67 bits per heavy atom. The number of benzene rings is 1. The molecule has 18 heavy (non-hydrogen) atoms. The van der Waals surface area contributed by atoms with Gasteiger partial charge < -0.3 is 5.32 Å². The van der Waals surface area contributed by atoms with Gasteiger partial charge in [0.2, 0.25) is 0 Å². The normalized spacial score (nSPS) is 24.1. The van der Waals surface area contributed by atoms with Gasteiger partial charge in [-0.05, 0) is 43.7 Å². The first-order valence-electron chi connectivity index (χ1n) is 6.86. The zero-order valence-electron chi connectivity index (χ0n) is 11.0.